The van der Waals surface area contributed by atoms with Gasteiger partial charge >= 0.3 is 8.80 Å². The van der Waals surface area contributed by atoms with Crippen molar-refractivity contribution in [2.45, 2.75) is 65.8 Å². The summed E-state index contributed by atoms with van der Waals surface area (Å²) in [4.78, 5) is 0. The molecule has 1 unspecified atom stereocenters. The van der Waals surface area contributed by atoms with Gasteiger partial charge in [-0.05, 0) is 52.9 Å². The molecule has 0 heterocycles. The summed E-state index contributed by atoms with van der Waals surface area (Å²) in [6.45, 7) is 14.9. The van der Waals surface area contributed by atoms with Gasteiger partial charge in [0.15, 0.2) is 0 Å². The largest absolute Gasteiger partial charge is 0.508 e. The highest BCUT2D eigenvalue weighted by Gasteiger charge is 2.61. The quantitative estimate of drug-likeness (QED) is 0.486. The average Bonchev–Trinajstić information content (AvgIpc) is 2.40. The van der Waals surface area contributed by atoms with Gasteiger partial charge in [-0.2, -0.15) is 0 Å². The van der Waals surface area contributed by atoms with Crippen LogP contribution in [0.5, 0.6) is 0 Å². The highest BCUT2D eigenvalue weighted by Crippen LogP contribution is 2.56. The van der Waals surface area contributed by atoms with E-state index in [1.54, 1.807) is 0 Å². The summed E-state index contributed by atoms with van der Waals surface area (Å²) in [5.74, 6) is 0.489. The summed E-state index contributed by atoms with van der Waals surface area (Å²) >= 11 is 0. The molecular weight excluding hydrogens is 268 g/mol. The fourth-order valence-corrected chi connectivity index (χ4v) is 7.01. The molecule has 1 atom stereocenters. The minimum absolute atomic E-state index is 0.0224. The summed E-state index contributed by atoms with van der Waals surface area (Å²) in [5.41, 5.74) is 1.48. The Kier molecular flexibility index (Phi) is 6.92. The lowest BCUT2D eigenvalue weighted by molar-refractivity contribution is 0.0292. The minimum Gasteiger partial charge on any atom is -0.373 e. The van der Waals surface area contributed by atoms with Gasteiger partial charge in [0.05, 0.1) is 0 Å². The fraction of sp³-hybridized carbons (Fsp3) is 0.875. The lowest BCUT2D eigenvalue weighted by atomic mass is 9.81. The van der Waals surface area contributed by atoms with E-state index in [1.165, 1.54) is 5.57 Å². The van der Waals surface area contributed by atoms with Crippen molar-refractivity contribution in [3.63, 3.8) is 0 Å². The van der Waals surface area contributed by atoms with Gasteiger partial charge in [-0.25, -0.2) is 0 Å². The summed E-state index contributed by atoms with van der Waals surface area (Å²) in [7, 11) is -2.68. The molecule has 0 aliphatic heterocycles. The van der Waals surface area contributed by atoms with E-state index >= 15 is 0 Å². The van der Waals surface area contributed by atoms with Gasteiger partial charge in [0, 0.05) is 24.9 Å². The van der Waals surface area contributed by atoms with E-state index in [1.807, 2.05) is 20.8 Å². The Morgan fingerprint density at radius 1 is 1.10 bits per heavy atom. The number of rotatable bonds is 8. The Bertz CT molecular complexity index is 311. The molecule has 1 rings (SSSR count). The van der Waals surface area contributed by atoms with E-state index < -0.39 is 8.80 Å². The minimum atomic E-state index is -2.68. The van der Waals surface area contributed by atoms with Crippen LogP contribution in [0.2, 0.25) is 5.04 Å². The maximum absolute atomic E-state index is 6.22. The number of hydrogen-bond donors (Lipinski definition) is 0. The third-order valence-corrected chi connectivity index (χ3v) is 8.76. The Balaban J connectivity index is 3.22. The van der Waals surface area contributed by atoms with Crippen LogP contribution in [0.4, 0.5) is 0 Å². The molecule has 3 nitrogen and oxygen atoms in total. The zero-order valence-electron chi connectivity index (χ0n) is 14.1. The van der Waals surface area contributed by atoms with Crippen molar-refractivity contribution in [1.29, 1.82) is 0 Å². The van der Waals surface area contributed by atoms with E-state index in [0.29, 0.717) is 25.7 Å². The fourth-order valence-electron chi connectivity index (χ4n) is 3.26. The maximum atomic E-state index is 6.22. The lowest BCUT2D eigenvalue weighted by Crippen LogP contribution is -2.59. The van der Waals surface area contributed by atoms with Crippen LogP contribution in [-0.2, 0) is 13.3 Å². The first-order valence-electron chi connectivity index (χ1n) is 8.05. The van der Waals surface area contributed by atoms with Crippen molar-refractivity contribution in [2.24, 2.45) is 5.92 Å². The molecular formula is C16H32O3Si. The predicted molar refractivity (Wildman–Crippen MR) is 85.8 cm³/mol. The van der Waals surface area contributed by atoms with Crippen LogP contribution in [0.1, 0.15) is 60.8 Å². The average molecular weight is 301 g/mol. The SMILES string of the molecule is CCO[Si](OCC)(OCC)C1(C(C)C)CC=C(C)CC1. The van der Waals surface area contributed by atoms with Crippen LogP contribution < -0.4 is 0 Å². The molecule has 0 aromatic rings. The van der Waals surface area contributed by atoms with Crippen LogP contribution in [-0.4, -0.2) is 28.6 Å². The number of hydrogen-bond acceptors (Lipinski definition) is 3. The summed E-state index contributed by atoms with van der Waals surface area (Å²) in [5, 5.41) is 0.0224. The van der Waals surface area contributed by atoms with E-state index in [9.17, 15) is 0 Å². The monoisotopic (exact) mass is 300 g/mol. The summed E-state index contributed by atoms with van der Waals surface area (Å²) in [6.07, 6.45) is 5.62. The molecule has 0 radical (unpaired) electrons. The lowest BCUT2D eigenvalue weighted by Gasteiger charge is -2.49. The second-order valence-corrected chi connectivity index (χ2v) is 8.89. The van der Waals surface area contributed by atoms with Gasteiger partial charge in [0.25, 0.3) is 0 Å². The standard InChI is InChI=1S/C16H32O3Si/c1-7-17-20(18-8-2,19-9-3)16(14(4)5)12-10-15(6)11-13-16/h10,14H,7-9,11-13H2,1-6H3. The molecule has 1 aliphatic carbocycles. The molecule has 0 aromatic heterocycles. The Hall–Kier alpha value is -0.163. The Labute approximate surface area is 126 Å². The van der Waals surface area contributed by atoms with E-state index in [-0.39, 0.29) is 5.04 Å². The molecule has 0 amide bonds. The molecule has 0 spiro atoms. The van der Waals surface area contributed by atoms with Gasteiger partial charge in [0.2, 0.25) is 0 Å². The molecule has 20 heavy (non-hydrogen) atoms. The van der Waals surface area contributed by atoms with E-state index in [4.69, 9.17) is 13.3 Å². The maximum Gasteiger partial charge on any atom is 0.508 e. The van der Waals surface area contributed by atoms with Crippen molar-refractivity contribution in [3.05, 3.63) is 11.6 Å². The van der Waals surface area contributed by atoms with Crippen molar-refractivity contribution < 1.29 is 13.3 Å². The first kappa shape index (κ1) is 17.9. The molecule has 1 aliphatic rings. The van der Waals surface area contributed by atoms with Crippen LogP contribution >= 0.6 is 0 Å². The second-order valence-electron chi connectivity index (χ2n) is 5.92. The van der Waals surface area contributed by atoms with Crippen molar-refractivity contribution >= 4 is 8.80 Å². The van der Waals surface area contributed by atoms with Crippen LogP contribution in [0, 0.1) is 5.92 Å². The van der Waals surface area contributed by atoms with Crippen LogP contribution in [0.15, 0.2) is 11.6 Å². The molecule has 0 fully saturated rings. The van der Waals surface area contributed by atoms with Gasteiger partial charge in [-0.3, -0.25) is 0 Å². The molecule has 0 bridgehead atoms. The smallest absolute Gasteiger partial charge is 0.373 e. The first-order chi connectivity index (χ1) is 9.48. The highest BCUT2D eigenvalue weighted by atomic mass is 28.4. The van der Waals surface area contributed by atoms with Crippen molar-refractivity contribution in [2.75, 3.05) is 19.8 Å². The van der Waals surface area contributed by atoms with Gasteiger partial charge in [-0.1, -0.05) is 25.5 Å². The third-order valence-electron chi connectivity index (χ3n) is 4.50. The molecule has 0 saturated heterocycles. The van der Waals surface area contributed by atoms with Crippen molar-refractivity contribution in [3.8, 4) is 0 Å². The molecule has 0 aromatic carbocycles. The van der Waals surface area contributed by atoms with E-state index in [2.05, 4.69) is 26.8 Å². The van der Waals surface area contributed by atoms with Gasteiger partial charge < -0.3 is 13.3 Å². The third kappa shape index (κ3) is 3.35. The molecule has 0 N–H and O–H groups in total. The predicted octanol–water partition coefficient (Wildman–Crippen LogP) is 4.56. The van der Waals surface area contributed by atoms with Gasteiger partial charge in [0.1, 0.15) is 0 Å². The topological polar surface area (TPSA) is 27.7 Å². The Morgan fingerprint density at radius 2 is 1.60 bits per heavy atom. The summed E-state index contributed by atoms with van der Waals surface area (Å²) < 4.78 is 18.6. The Morgan fingerprint density at radius 3 is 1.90 bits per heavy atom. The van der Waals surface area contributed by atoms with E-state index in [0.717, 1.165) is 19.3 Å². The summed E-state index contributed by atoms with van der Waals surface area (Å²) in [6, 6.07) is 0. The zero-order chi connectivity index (χ0) is 15.2. The van der Waals surface area contributed by atoms with Crippen molar-refractivity contribution in [1.82, 2.24) is 0 Å². The first-order valence-corrected chi connectivity index (χ1v) is 9.78. The molecule has 0 saturated carbocycles. The van der Waals surface area contributed by atoms with Crippen LogP contribution in [0.25, 0.3) is 0 Å². The number of allylic oxidation sites excluding steroid dienone is 2. The molecule has 118 valence electrons. The second kappa shape index (κ2) is 7.73. The normalized spacial score (nSPS) is 24.1. The highest BCUT2D eigenvalue weighted by molar-refractivity contribution is 6.64. The van der Waals surface area contributed by atoms with Gasteiger partial charge in [-0.15, -0.1) is 0 Å². The zero-order valence-corrected chi connectivity index (χ0v) is 15.1. The molecule has 4 heteroatoms. The van der Waals surface area contributed by atoms with Crippen LogP contribution in [0.3, 0.4) is 0 Å².